The van der Waals surface area contributed by atoms with Crippen molar-refractivity contribution < 1.29 is 14.3 Å². The smallest absolute Gasteiger partial charge is 0.326 e. The predicted molar refractivity (Wildman–Crippen MR) is 74.8 cm³/mol. The number of methoxy groups -OCH3 is 1. The summed E-state index contributed by atoms with van der Waals surface area (Å²) in [5, 5.41) is 9.23. The standard InChI is InChI=1S/C14H16BrNO3/c1-4-19-13(17)14(2,9-16)8-10-5-6-12(18-3)11(15)7-10/h5-7H,4,8H2,1-3H3. The van der Waals surface area contributed by atoms with Crippen LogP contribution in [0.4, 0.5) is 0 Å². The Bertz CT molecular complexity index is 510. The van der Waals surface area contributed by atoms with E-state index in [4.69, 9.17) is 9.47 Å². The molecule has 0 saturated carbocycles. The van der Waals surface area contributed by atoms with Gasteiger partial charge in [-0.15, -0.1) is 0 Å². The molecule has 0 bridgehead atoms. The molecule has 0 radical (unpaired) electrons. The monoisotopic (exact) mass is 325 g/mol. The minimum absolute atomic E-state index is 0.266. The van der Waals surface area contributed by atoms with Gasteiger partial charge in [0.2, 0.25) is 0 Å². The van der Waals surface area contributed by atoms with Gasteiger partial charge in [0.1, 0.15) is 5.75 Å². The van der Waals surface area contributed by atoms with Crippen LogP contribution in [-0.4, -0.2) is 19.7 Å². The van der Waals surface area contributed by atoms with E-state index in [0.717, 1.165) is 10.0 Å². The highest BCUT2D eigenvalue weighted by molar-refractivity contribution is 9.10. The van der Waals surface area contributed by atoms with E-state index in [-0.39, 0.29) is 6.61 Å². The lowest BCUT2D eigenvalue weighted by Gasteiger charge is -2.19. The molecular weight excluding hydrogens is 310 g/mol. The quantitative estimate of drug-likeness (QED) is 0.780. The second-order valence-electron chi connectivity index (χ2n) is 4.31. The van der Waals surface area contributed by atoms with E-state index in [9.17, 15) is 10.1 Å². The van der Waals surface area contributed by atoms with Crippen molar-refractivity contribution in [3.63, 3.8) is 0 Å². The summed E-state index contributed by atoms with van der Waals surface area (Å²) >= 11 is 3.38. The Morgan fingerprint density at radius 3 is 2.68 bits per heavy atom. The molecule has 19 heavy (non-hydrogen) atoms. The van der Waals surface area contributed by atoms with Crippen molar-refractivity contribution in [2.24, 2.45) is 5.41 Å². The van der Waals surface area contributed by atoms with E-state index in [2.05, 4.69) is 15.9 Å². The maximum absolute atomic E-state index is 11.8. The van der Waals surface area contributed by atoms with Gasteiger partial charge >= 0.3 is 5.97 Å². The third-order valence-electron chi connectivity index (χ3n) is 2.75. The Kier molecular flexibility index (Phi) is 5.37. The zero-order chi connectivity index (χ0) is 14.5. The number of hydrogen-bond acceptors (Lipinski definition) is 4. The molecule has 1 atom stereocenters. The molecule has 0 aliphatic carbocycles. The number of benzene rings is 1. The maximum Gasteiger partial charge on any atom is 0.326 e. The molecule has 5 heteroatoms. The van der Waals surface area contributed by atoms with Gasteiger partial charge in [-0.3, -0.25) is 4.79 Å². The van der Waals surface area contributed by atoms with Crippen molar-refractivity contribution in [1.29, 1.82) is 5.26 Å². The largest absolute Gasteiger partial charge is 0.496 e. The molecule has 0 fully saturated rings. The number of rotatable bonds is 5. The van der Waals surface area contributed by atoms with Crippen LogP contribution in [0.1, 0.15) is 19.4 Å². The Morgan fingerprint density at radius 2 is 2.21 bits per heavy atom. The van der Waals surface area contributed by atoms with Crippen LogP contribution in [0.15, 0.2) is 22.7 Å². The number of esters is 1. The van der Waals surface area contributed by atoms with Crippen LogP contribution in [-0.2, 0) is 16.0 Å². The molecule has 0 spiro atoms. The predicted octanol–water partition coefficient (Wildman–Crippen LogP) is 3.09. The summed E-state index contributed by atoms with van der Waals surface area (Å²) in [4.78, 5) is 11.8. The second kappa shape index (κ2) is 6.58. The lowest BCUT2D eigenvalue weighted by atomic mass is 9.85. The molecule has 102 valence electrons. The first kappa shape index (κ1) is 15.5. The van der Waals surface area contributed by atoms with Gasteiger partial charge < -0.3 is 9.47 Å². The first-order valence-electron chi connectivity index (χ1n) is 5.87. The van der Waals surface area contributed by atoms with E-state index in [1.807, 2.05) is 18.2 Å². The molecule has 1 aromatic rings. The fourth-order valence-electron chi connectivity index (χ4n) is 1.68. The lowest BCUT2D eigenvalue weighted by Crippen LogP contribution is -2.30. The molecule has 1 aromatic carbocycles. The first-order valence-corrected chi connectivity index (χ1v) is 6.67. The topological polar surface area (TPSA) is 59.3 Å². The number of ether oxygens (including phenoxy) is 2. The zero-order valence-electron chi connectivity index (χ0n) is 11.2. The highest BCUT2D eigenvalue weighted by atomic mass is 79.9. The van der Waals surface area contributed by atoms with Crippen molar-refractivity contribution in [2.75, 3.05) is 13.7 Å². The fourth-order valence-corrected chi connectivity index (χ4v) is 2.26. The maximum atomic E-state index is 11.8. The number of halogens is 1. The van der Waals surface area contributed by atoms with Crippen LogP contribution in [0.5, 0.6) is 5.75 Å². The summed E-state index contributed by atoms with van der Waals surface area (Å²) in [6.45, 7) is 3.57. The van der Waals surface area contributed by atoms with Crippen LogP contribution in [0.3, 0.4) is 0 Å². The van der Waals surface area contributed by atoms with E-state index in [0.29, 0.717) is 12.2 Å². The van der Waals surface area contributed by atoms with E-state index in [1.54, 1.807) is 27.0 Å². The van der Waals surface area contributed by atoms with Crippen molar-refractivity contribution in [2.45, 2.75) is 20.3 Å². The molecule has 1 rings (SSSR count). The van der Waals surface area contributed by atoms with E-state index >= 15 is 0 Å². The molecule has 1 unspecified atom stereocenters. The van der Waals surface area contributed by atoms with Crippen LogP contribution >= 0.6 is 15.9 Å². The average Bonchev–Trinajstić information content (AvgIpc) is 2.39. The minimum Gasteiger partial charge on any atom is -0.496 e. The van der Waals surface area contributed by atoms with Crippen molar-refractivity contribution in [1.82, 2.24) is 0 Å². The van der Waals surface area contributed by atoms with Gasteiger partial charge in [0.25, 0.3) is 0 Å². The normalized spacial score (nSPS) is 13.2. The number of nitrogens with zero attached hydrogens (tertiary/aromatic N) is 1. The molecule has 0 amide bonds. The summed E-state index contributed by atoms with van der Waals surface area (Å²) in [5.41, 5.74) is -0.311. The molecule has 0 aliphatic heterocycles. The third-order valence-corrected chi connectivity index (χ3v) is 3.37. The van der Waals surface area contributed by atoms with Crippen molar-refractivity contribution in [3.05, 3.63) is 28.2 Å². The first-order chi connectivity index (χ1) is 8.96. The zero-order valence-corrected chi connectivity index (χ0v) is 12.8. The second-order valence-corrected chi connectivity index (χ2v) is 5.16. The third kappa shape index (κ3) is 3.71. The Balaban J connectivity index is 2.96. The van der Waals surface area contributed by atoms with Crippen LogP contribution in [0.25, 0.3) is 0 Å². The number of carbonyl (C=O) groups excluding carboxylic acids is 1. The average molecular weight is 326 g/mol. The number of hydrogen-bond donors (Lipinski definition) is 0. The Labute approximate surface area is 121 Å². The molecule has 0 saturated heterocycles. The highest BCUT2D eigenvalue weighted by Crippen LogP contribution is 2.29. The summed E-state index contributed by atoms with van der Waals surface area (Å²) in [6.07, 6.45) is 0.297. The fraction of sp³-hybridized carbons (Fsp3) is 0.429. The van der Waals surface area contributed by atoms with Crippen LogP contribution in [0.2, 0.25) is 0 Å². The van der Waals surface area contributed by atoms with E-state index in [1.165, 1.54) is 0 Å². The van der Waals surface area contributed by atoms with Gasteiger partial charge in [0.05, 0.1) is 24.3 Å². The Morgan fingerprint density at radius 1 is 1.53 bits per heavy atom. The molecule has 0 aromatic heterocycles. The number of carbonyl (C=O) groups is 1. The highest BCUT2D eigenvalue weighted by Gasteiger charge is 2.35. The van der Waals surface area contributed by atoms with Crippen molar-refractivity contribution >= 4 is 21.9 Å². The van der Waals surface area contributed by atoms with Gasteiger partial charge in [0, 0.05) is 6.42 Å². The van der Waals surface area contributed by atoms with E-state index < -0.39 is 11.4 Å². The molecule has 0 aliphatic rings. The van der Waals surface area contributed by atoms with Gasteiger partial charge in [0.15, 0.2) is 5.41 Å². The molecule has 0 heterocycles. The van der Waals surface area contributed by atoms with Gasteiger partial charge in [-0.1, -0.05) is 6.07 Å². The molecule has 0 N–H and O–H groups in total. The van der Waals surface area contributed by atoms with Crippen molar-refractivity contribution in [3.8, 4) is 11.8 Å². The number of nitriles is 1. The Hall–Kier alpha value is -1.54. The van der Waals surface area contributed by atoms with Gasteiger partial charge in [-0.05, 0) is 47.5 Å². The van der Waals surface area contributed by atoms with Gasteiger partial charge in [-0.2, -0.15) is 5.26 Å². The summed E-state index contributed by atoms with van der Waals surface area (Å²) < 4.78 is 10.9. The molecule has 4 nitrogen and oxygen atoms in total. The summed E-state index contributed by atoms with van der Waals surface area (Å²) in [6, 6.07) is 7.51. The SMILES string of the molecule is CCOC(=O)C(C)(C#N)Cc1ccc(OC)c(Br)c1. The van der Waals surface area contributed by atoms with Gasteiger partial charge in [-0.25, -0.2) is 0 Å². The van der Waals surface area contributed by atoms with Crippen LogP contribution in [0, 0.1) is 16.7 Å². The summed E-state index contributed by atoms with van der Waals surface area (Å²) in [7, 11) is 1.58. The van der Waals surface area contributed by atoms with Crippen LogP contribution < -0.4 is 4.74 Å². The molecular formula is C14H16BrNO3. The lowest BCUT2D eigenvalue weighted by molar-refractivity contribution is -0.151. The summed E-state index contributed by atoms with van der Waals surface area (Å²) in [5.74, 6) is 0.211. The minimum atomic E-state index is -1.18.